The molecule has 0 aromatic heterocycles. The highest BCUT2D eigenvalue weighted by molar-refractivity contribution is 9.10. The molecule has 0 bridgehead atoms. The Labute approximate surface area is 137 Å². The van der Waals surface area contributed by atoms with Crippen LogP contribution in [0.25, 0.3) is 0 Å². The second kappa shape index (κ2) is 7.09. The van der Waals surface area contributed by atoms with Gasteiger partial charge >= 0.3 is 5.97 Å². The van der Waals surface area contributed by atoms with Gasteiger partial charge in [-0.3, -0.25) is 4.79 Å². The van der Waals surface area contributed by atoms with Crippen LogP contribution in [0.2, 0.25) is 5.02 Å². The van der Waals surface area contributed by atoms with Crippen molar-refractivity contribution in [1.82, 2.24) is 4.72 Å². The van der Waals surface area contributed by atoms with Crippen LogP contribution in [0.5, 0.6) is 0 Å². The summed E-state index contributed by atoms with van der Waals surface area (Å²) in [4.78, 5) is 11.4. The van der Waals surface area contributed by atoms with Crippen molar-refractivity contribution in [3.05, 3.63) is 27.7 Å². The molecule has 5 nitrogen and oxygen atoms in total. The van der Waals surface area contributed by atoms with E-state index in [2.05, 4.69) is 20.7 Å². The number of sulfonamides is 1. The smallest absolute Gasteiger partial charge is 0.310 e. The van der Waals surface area contributed by atoms with E-state index in [9.17, 15) is 18.3 Å². The van der Waals surface area contributed by atoms with Gasteiger partial charge in [-0.05, 0) is 47.0 Å². The Kier molecular flexibility index (Phi) is 6.22. The molecule has 21 heavy (non-hydrogen) atoms. The lowest BCUT2D eigenvalue weighted by Gasteiger charge is -2.26. The molecule has 0 aliphatic carbocycles. The number of halogens is 2. The minimum absolute atomic E-state index is 0.0327. The van der Waals surface area contributed by atoms with Crippen molar-refractivity contribution >= 4 is 43.5 Å². The standard InChI is InChI=1S/C13H17BrClNO4S/c1-3-13(4-2,12(17)18)8-16-21(19,20)9-5-6-11(15)10(14)7-9/h5-7,16H,3-4,8H2,1-2H3,(H,17,18). The zero-order chi connectivity index (χ0) is 16.3. The molecule has 0 spiro atoms. The van der Waals surface area contributed by atoms with E-state index in [1.54, 1.807) is 13.8 Å². The van der Waals surface area contributed by atoms with Crippen LogP contribution >= 0.6 is 27.5 Å². The van der Waals surface area contributed by atoms with Crippen LogP contribution in [-0.2, 0) is 14.8 Å². The monoisotopic (exact) mass is 397 g/mol. The Morgan fingerprint density at radius 2 is 1.95 bits per heavy atom. The van der Waals surface area contributed by atoms with Crippen LogP contribution in [0.4, 0.5) is 0 Å². The van der Waals surface area contributed by atoms with Gasteiger partial charge < -0.3 is 5.11 Å². The highest BCUT2D eigenvalue weighted by atomic mass is 79.9. The summed E-state index contributed by atoms with van der Waals surface area (Å²) in [6.45, 7) is 3.30. The first kappa shape index (κ1) is 18.4. The van der Waals surface area contributed by atoms with Crippen molar-refractivity contribution in [2.45, 2.75) is 31.6 Å². The van der Waals surface area contributed by atoms with Crippen molar-refractivity contribution in [1.29, 1.82) is 0 Å². The highest BCUT2D eigenvalue weighted by Gasteiger charge is 2.36. The molecule has 8 heteroatoms. The Morgan fingerprint density at radius 3 is 2.38 bits per heavy atom. The molecule has 0 saturated heterocycles. The molecule has 0 heterocycles. The summed E-state index contributed by atoms with van der Waals surface area (Å²) in [7, 11) is -3.79. The molecule has 0 atom stereocenters. The number of nitrogens with one attached hydrogen (secondary N) is 1. The van der Waals surface area contributed by atoms with Gasteiger partial charge in [0.05, 0.1) is 15.3 Å². The van der Waals surface area contributed by atoms with Gasteiger partial charge in [0.15, 0.2) is 0 Å². The lowest BCUT2D eigenvalue weighted by Crippen LogP contribution is -2.42. The Bertz CT molecular complexity index is 629. The van der Waals surface area contributed by atoms with E-state index in [0.29, 0.717) is 22.3 Å². The molecular formula is C13H17BrClNO4S. The molecule has 0 amide bonds. The van der Waals surface area contributed by atoms with Gasteiger partial charge in [-0.15, -0.1) is 0 Å². The van der Waals surface area contributed by atoms with Gasteiger partial charge in [0.25, 0.3) is 0 Å². The number of hydrogen-bond donors (Lipinski definition) is 2. The molecule has 0 aliphatic heterocycles. The molecule has 0 unspecified atom stereocenters. The number of carboxylic acid groups (broad SMARTS) is 1. The maximum Gasteiger partial charge on any atom is 0.310 e. The van der Waals surface area contributed by atoms with Gasteiger partial charge in [-0.25, -0.2) is 13.1 Å². The zero-order valence-electron chi connectivity index (χ0n) is 11.7. The topological polar surface area (TPSA) is 83.5 Å². The van der Waals surface area contributed by atoms with E-state index in [4.69, 9.17) is 11.6 Å². The molecule has 1 rings (SSSR count). The predicted molar refractivity (Wildman–Crippen MR) is 85.0 cm³/mol. The highest BCUT2D eigenvalue weighted by Crippen LogP contribution is 2.28. The molecule has 1 aromatic carbocycles. The summed E-state index contributed by atoms with van der Waals surface area (Å²) in [6.07, 6.45) is 0.678. The fraction of sp³-hybridized carbons (Fsp3) is 0.462. The summed E-state index contributed by atoms with van der Waals surface area (Å²) in [5.41, 5.74) is -1.10. The summed E-state index contributed by atoms with van der Waals surface area (Å²) >= 11 is 8.99. The second-order valence-corrected chi connectivity index (χ2v) is 7.72. The normalized spacial score (nSPS) is 12.4. The van der Waals surface area contributed by atoms with Crippen molar-refractivity contribution in [2.75, 3.05) is 6.54 Å². The number of carboxylic acids is 1. The summed E-state index contributed by atoms with van der Waals surface area (Å²) in [6, 6.07) is 4.21. The Balaban J connectivity index is 3.00. The molecule has 0 fully saturated rings. The average molecular weight is 399 g/mol. The molecule has 0 saturated carbocycles. The molecule has 1 aromatic rings. The van der Waals surface area contributed by atoms with Crippen LogP contribution in [0.15, 0.2) is 27.6 Å². The van der Waals surface area contributed by atoms with E-state index in [0.717, 1.165) is 0 Å². The molecule has 0 aliphatic rings. The number of aliphatic carboxylic acids is 1. The zero-order valence-corrected chi connectivity index (χ0v) is 14.8. The SMILES string of the molecule is CCC(CC)(CNS(=O)(=O)c1ccc(Cl)c(Br)c1)C(=O)O. The van der Waals surface area contributed by atoms with Crippen molar-refractivity contribution < 1.29 is 18.3 Å². The average Bonchev–Trinajstić information content (AvgIpc) is 2.43. The number of hydrogen-bond acceptors (Lipinski definition) is 3. The van der Waals surface area contributed by atoms with E-state index >= 15 is 0 Å². The maximum atomic E-state index is 12.2. The second-order valence-electron chi connectivity index (χ2n) is 4.69. The third-order valence-electron chi connectivity index (χ3n) is 3.61. The van der Waals surface area contributed by atoms with Gasteiger partial charge in [0, 0.05) is 11.0 Å². The maximum absolute atomic E-state index is 12.2. The number of rotatable bonds is 7. The van der Waals surface area contributed by atoms with E-state index in [-0.39, 0.29) is 11.4 Å². The third-order valence-corrected chi connectivity index (χ3v) is 6.22. The fourth-order valence-corrected chi connectivity index (χ4v) is 3.64. The fourth-order valence-electron chi connectivity index (χ4n) is 1.84. The molecule has 0 radical (unpaired) electrons. The lowest BCUT2D eigenvalue weighted by atomic mass is 9.83. The van der Waals surface area contributed by atoms with Crippen LogP contribution in [0, 0.1) is 5.41 Å². The number of carbonyl (C=O) groups is 1. The van der Waals surface area contributed by atoms with Crippen LogP contribution in [0.3, 0.4) is 0 Å². The first-order valence-electron chi connectivity index (χ1n) is 6.36. The van der Waals surface area contributed by atoms with Crippen molar-refractivity contribution in [2.24, 2.45) is 5.41 Å². The van der Waals surface area contributed by atoms with Crippen LogP contribution in [0.1, 0.15) is 26.7 Å². The van der Waals surface area contributed by atoms with Gasteiger partial charge in [-0.2, -0.15) is 0 Å². The van der Waals surface area contributed by atoms with Crippen molar-refractivity contribution in [3.63, 3.8) is 0 Å². The summed E-state index contributed by atoms with van der Waals surface area (Å²) in [5, 5.41) is 9.71. The third kappa shape index (κ3) is 4.18. The minimum atomic E-state index is -3.79. The number of benzene rings is 1. The molecule has 118 valence electrons. The van der Waals surface area contributed by atoms with Crippen LogP contribution < -0.4 is 4.72 Å². The lowest BCUT2D eigenvalue weighted by molar-refractivity contribution is -0.149. The van der Waals surface area contributed by atoms with Crippen molar-refractivity contribution in [3.8, 4) is 0 Å². The first-order valence-corrected chi connectivity index (χ1v) is 9.02. The molecular weight excluding hydrogens is 382 g/mol. The van der Waals surface area contributed by atoms with E-state index in [1.165, 1.54) is 18.2 Å². The van der Waals surface area contributed by atoms with Gasteiger partial charge in [-0.1, -0.05) is 25.4 Å². The quantitative estimate of drug-likeness (QED) is 0.738. The molecule has 2 N–H and O–H groups in total. The largest absolute Gasteiger partial charge is 0.481 e. The first-order chi connectivity index (χ1) is 9.68. The Hall–Kier alpha value is -0.630. The van der Waals surface area contributed by atoms with Crippen LogP contribution in [-0.4, -0.2) is 26.0 Å². The van der Waals surface area contributed by atoms with Gasteiger partial charge in [0.2, 0.25) is 10.0 Å². The predicted octanol–water partition coefficient (Wildman–Crippen LogP) is 3.27. The summed E-state index contributed by atoms with van der Waals surface area (Å²) < 4.78 is 27.3. The van der Waals surface area contributed by atoms with Gasteiger partial charge in [0.1, 0.15) is 0 Å². The minimum Gasteiger partial charge on any atom is -0.481 e. The van der Waals surface area contributed by atoms with E-state index in [1.807, 2.05) is 0 Å². The summed E-state index contributed by atoms with van der Waals surface area (Å²) in [5.74, 6) is -1.01. The Morgan fingerprint density at radius 1 is 1.38 bits per heavy atom. The van der Waals surface area contributed by atoms with E-state index < -0.39 is 21.4 Å².